The van der Waals surface area contributed by atoms with Crippen LogP contribution in [0.3, 0.4) is 0 Å². The van der Waals surface area contributed by atoms with E-state index in [2.05, 4.69) is 36.7 Å². The van der Waals surface area contributed by atoms with Crippen LogP contribution in [0.1, 0.15) is 40.0 Å². The summed E-state index contributed by atoms with van der Waals surface area (Å²) in [5, 5.41) is 0.650. The van der Waals surface area contributed by atoms with E-state index in [0.29, 0.717) is 5.12 Å². The van der Waals surface area contributed by atoms with Gasteiger partial charge in [0.2, 0.25) is 29.6 Å². The number of aromatic nitrogens is 3. The Balaban J connectivity index is 3.06. The highest BCUT2D eigenvalue weighted by atomic mass is 16.2. The molecule has 0 radical (unpaired) electrons. The molecule has 0 saturated heterocycles. The maximum absolute atomic E-state index is 11.9. The van der Waals surface area contributed by atoms with E-state index >= 15 is 0 Å². The van der Waals surface area contributed by atoms with Crippen LogP contribution < -0.4 is 32.6 Å². The van der Waals surface area contributed by atoms with Crippen LogP contribution in [-0.2, 0) is 28.8 Å². The lowest BCUT2D eigenvalue weighted by molar-refractivity contribution is -0.129. The van der Waals surface area contributed by atoms with Crippen molar-refractivity contribution in [1.82, 2.24) is 31.2 Å². The summed E-state index contributed by atoms with van der Waals surface area (Å²) in [5.74, 6) is -4.64. The van der Waals surface area contributed by atoms with Gasteiger partial charge < -0.3 is 5.73 Å². The van der Waals surface area contributed by atoms with Crippen LogP contribution in [0.25, 0.3) is 0 Å². The van der Waals surface area contributed by atoms with Crippen LogP contribution in [0.2, 0.25) is 0 Å². The number of nitrogens with one attached hydrogen (secondary N) is 4. The van der Waals surface area contributed by atoms with Gasteiger partial charge in [-0.25, -0.2) is 10.9 Å². The van der Waals surface area contributed by atoms with E-state index in [-0.39, 0.29) is 17.7 Å². The minimum Gasteiger partial charge on any atom is -0.368 e. The number of nitrogens with zero attached hydrogens (tertiary/aromatic N) is 4. The minimum absolute atomic E-state index is 0.291. The molecule has 0 bridgehead atoms. The molecule has 0 fully saturated rings. The second-order valence-electron chi connectivity index (χ2n) is 6.03. The second kappa shape index (κ2) is 11.0. The average molecular weight is 423 g/mol. The van der Waals surface area contributed by atoms with E-state index in [1.54, 1.807) is 0 Å². The first-order chi connectivity index (χ1) is 14.0. The van der Waals surface area contributed by atoms with Crippen LogP contribution >= 0.6 is 0 Å². The van der Waals surface area contributed by atoms with Gasteiger partial charge in [0.05, 0.1) is 19.3 Å². The van der Waals surface area contributed by atoms with Gasteiger partial charge in [-0.05, 0) is 20.8 Å². The SMILES string of the molecule is CC(=O)CC(=O)NNc1nc(N)nc(N(NC(=O)CC(C)=O)NC(=O)CC(C)=O)n1. The summed E-state index contributed by atoms with van der Waals surface area (Å²) in [6.45, 7) is 3.60. The maximum Gasteiger partial charge on any atom is 0.271 e. The Bertz CT molecular complexity index is 842. The molecule has 0 aliphatic rings. The molecule has 1 rings (SSSR count). The summed E-state index contributed by atoms with van der Waals surface area (Å²) >= 11 is 0. The van der Waals surface area contributed by atoms with E-state index in [1.807, 2.05) is 0 Å². The summed E-state index contributed by atoms with van der Waals surface area (Å²) in [6, 6.07) is 0. The van der Waals surface area contributed by atoms with Gasteiger partial charge in [0.1, 0.15) is 17.3 Å². The number of hydrogen-bond acceptors (Lipinski definition) is 12. The lowest BCUT2D eigenvalue weighted by Gasteiger charge is -2.23. The van der Waals surface area contributed by atoms with E-state index in [1.165, 1.54) is 20.8 Å². The number of ketones is 3. The first kappa shape index (κ1) is 23.9. The summed E-state index contributed by atoms with van der Waals surface area (Å²) < 4.78 is 0. The van der Waals surface area contributed by atoms with Crippen LogP contribution in [-0.4, -0.2) is 50.0 Å². The highest BCUT2D eigenvalue weighted by molar-refractivity contribution is 5.99. The fourth-order valence-electron chi connectivity index (χ4n) is 1.84. The van der Waals surface area contributed by atoms with E-state index < -0.39 is 54.5 Å². The average Bonchev–Trinajstić information content (AvgIpc) is 2.57. The van der Waals surface area contributed by atoms with Crippen molar-refractivity contribution in [2.45, 2.75) is 40.0 Å². The zero-order chi connectivity index (χ0) is 22.8. The normalized spacial score (nSPS) is 9.83. The molecule has 0 aliphatic heterocycles. The Labute approximate surface area is 170 Å². The topological polar surface area (TPSA) is 218 Å². The quantitative estimate of drug-likeness (QED) is 0.187. The van der Waals surface area contributed by atoms with E-state index in [9.17, 15) is 28.8 Å². The van der Waals surface area contributed by atoms with Crippen LogP contribution in [0.4, 0.5) is 17.8 Å². The monoisotopic (exact) mass is 423 g/mol. The number of hydrogen-bond donors (Lipinski definition) is 5. The Kier molecular flexibility index (Phi) is 8.74. The largest absolute Gasteiger partial charge is 0.368 e. The highest BCUT2D eigenvalue weighted by Gasteiger charge is 2.20. The van der Waals surface area contributed by atoms with E-state index in [0.717, 1.165) is 0 Å². The summed E-state index contributed by atoms with van der Waals surface area (Å²) in [6.07, 6.45) is -1.41. The molecule has 6 N–H and O–H groups in total. The predicted octanol–water partition coefficient (Wildman–Crippen LogP) is -2.30. The third-order valence-electron chi connectivity index (χ3n) is 2.86. The third-order valence-corrected chi connectivity index (χ3v) is 2.86. The van der Waals surface area contributed by atoms with Crippen molar-refractivity contribution in [3.63, 3.8) is 0 Å². The van der Waals surface area contributed by atoms with Gasteiger partial charge in [-0.2, -0.15) is 20.1 Å². The molecule has 3 amide bonds. The molecule has 15 heteroatoms. The zero-order valence-electron chi connectivity index (χ0n) is 16.4. The molecule has 1 heterocycles. The smallest absolute Gasteiger partial charge is 0.271 e. The fraction of sp³-hybridized carbons (Fsp3) is 0.400. The summed E-state index contributed by atoms with van der Waals surface area (Å²) in [7, 11) is 0. The van der Waals surface area contributed by atoms with Crippen molar-refractivity contribution in [3.05, 3.63) is 0 Å². The van der Waals surface area contributed by atoms with Crippen molar-refractivity contribution in [2.24, 2.45) is 0 Å². The maximum atomic E-state index is 11.9. The molecule has 162 valence electrons. The predicted molar refractivity (Wildman–Crippen MR) is 101 cm³/mol. The number of nitrogens with two attached hydrogens (primary N) is 1. The third kappa shape index (κ3) is 9.16. The first-order valence-electron chi connectivity index (χ1n) is 8.40. The number of rotatable bonds is 11. The molecular formula is C15H21N9O6. The summed E-state index contributed by atoms with van der Waals surface area (Å²) in [4.78, 5) is 79.9. The number of anilines is 3. The van der Waals surface area contributed by atoms with Gasteiger partial charge in [-0.15, -0.1) is 0 Å². The van der Waals surface area contributed by atoms with E-state index in [4.69, 9.17) is 5.73 Å². The standard InChI is InChI=1S/C15H21N9O6/c1-7(25)4-10(28)20-21-14-17-13(16)18-15(19-14)24(22-11(29)5-8(2)26)23-12(30)6-9(3)27/h4-6H2,1-3H3,(H,20,28)(H,22,29)(H,23,30)(H3,16,17,18,19,21). The van der Waals surface area contributed by atoms with Gasteiger partial charge in [-0.1, -0.05) is 0 Å². The van der Waals surface area contributed by atoms with Gasteiger partial charge in [0.15, 0.2) is 0 Å². The van der Waals surface area contributed by atoms with Crippen LogP contribution in [0.15, 0.2) is 0 Å². The first-order valence-corrected chi connectivity index (χ1v) is 8.40. The Morgan fingerprint density at radius 2 is 1.23 bits per heavy atom. The number of amides is 3. The molecular weight excluding hydrogens is 402 g/mol. The lowest BCUT2D eigenvalue weighted by Crippen LogP contribution is -2.54. The molecule has 0 aliphatic carbocycles. The van der Waals surface area contributed by atoms with Gasteiger partial charge in [0, 0.05) is 0 Å². The minimum atomic E-state index is -0.811. The van der Waals surface area contributed by atoms with Crippen molar-refractivity contribution in [3.8, 4) is 0 Å². The van der Waals surface area contributed by atoms with Crippen molar-refractivity contribution in [2.75, 3.05) is 16.3 Å². The number of Topliss-reactive ketones (excluding diaryl/α,β-unsaturated/α-hetero) is 3. The number of hydrazine groups is 3. The molecule has 0 atom stereocenters. The Hall–Kier alpha value is -4.17. The molecule has 1 aromatic heterocycles. The Morgan fingerprint density at radius 1 is 0.767 bits per heavy atom. The van der Waals surface area contributed by atoms with Crippen molar-refractivity contribution in [1.29, 1.82) is 0 Å². The molecule has 0 aromatic carbocycles. The van der Waals surface area contributed by atoms with Gasteiger partial charge in [0.25, 0.3) is 5.95 Å². The second-order valence-corrected chi connectivity index (χ2v) is 6.03. The van der Waals surface area contributed by atoms with Gasteiger partial charge in [-0.3, -0.25) is 39.6 Å². The molecule has 1 aromatic rings. The fourth-order valence-corrected chi connectivity index (χ4v) is 1.84. The lowest BCUT2D eigenvalue weighted by atomic mass is 10.3. The molecule has 0 unspecified atom stereocenters. The summed E-state index contributed by atoms with van der Waals surface area (Å²) in [5.41, 5.74) is 14.4. The number of nitrogen functional groups attached to an aromatic ring is 1. The van der Waals surface area contributed by atoms with Crippen LogP contribution in [0, 0.1) is 0 Å². The van der Waals surface area contributed by atoms with Crippen molar-refractivity contribution >= 4 is 52.9 Å². The highest BCUT2D eigenvalue weighted by Crippen LogP contribution is 2.09. The Morgan fingerprint density at radius 3 is 1.70 bits per heavy atom. The molecule has 30 heavy (non-hydrogen) atoms. The molecule has 0 spiro atoms. The molecule has 0 saturated carbocycles. The molecule has 15 nitrogen and oxygen atoms in total. The van der Waals surface area contributed by atoms with Crippen molar-refractivity contribution < 1.29 is 28.8 Å². The number of carbonyl (C=O) groups is 6. The zero-order valence-corrected chi connectivity index (χ0v) is 16.4. The number of carbonyl (C=O) groups excluding carboxylic acids is 6. The van der Waals surface area contributed by atoms with Gasteiger partial charge >= 0.3 is 0 Å². The van der Waals surface area contributed by atoms with Crippen LogP contribution in [0.5, 0.6) is 0 Å².